The molecule has 2 atom stereocenters. The van der Waals surface area contributed by atoms with Crippen LogP contribution in [0.4, 0.5) is 0 Å². The average molecular weight is 529 g/mol. The van der Waals surface area contributed by atoms with Crippen molar-refractivity contribution in [2.45, 2.75) is 56.1 Å². The van der Waals surface area contributed by atoms with Crippen molar-refractivity contribution in [1.82, 2.24) is 9.97 Å². The maximum atomic E-state index is 13.9. The van der Waals surface area contributed by atoms with Crippen LogP contribution in [0, 0.1) is 0 Å². The number of sulfone groups is 1. The van der Waals surface area contributed by atoms with Crippen molar-refractivity contribution in [2.24, 2.45) is 0 Å². The van der Waals surface area contributed by atoms with E-state index in [-0.39, 0.29) is 18.3 Å². The number of benzene rings is 1. The van der Waals surface area contributed by atoms with Crippen molar-refractivity contribution in [2.75, 3.05) is 12.4 Å². The van der Waals surface area contributed by atoms with E-state index in [4.69, 9.17) is 4.74 Å². The maximum Gasteiger partial charge on any atom is 0.308 e. The van der Waals surface area contributed by atoms with Gasteiger partial charge in [0.25, 0.3) is 0 Å². The molecule has 6 nitrogen and oxygen atoms in total. The van der Waals surface area contributed by atoms with E-state index in [0.717, 1.165) is 32.9 Å². The van der Waals surface area contributed by atoms with Gasteiger partial charge in [-0.2, -0.15) is 0 Å². The van der Waals surface area contributed by atoms with Gasteiger partial charge in [0.15, 0.2) is 9.84 Å². The van der Waals surface area contributed by atoms with E-state index in [9.17, 15) is 13.2 Å². The molecule has 35 heavy (non-hydrogen) atoms. The van der Waals surface area contributed by atoms with Crippen LogP contribution >= 0.6 is 11.3 Å². The Morgan fingerprint density at radius 1 is 1.03 bits per heavy atom. The third kappa shape index (κ3) is 4.86. The highest BCUT2D eigenvalue weighted by Gasteiger charge is 2.60. The summed E-state index contributed by atoms with van der Waals surface area (Å²) in [7, 11) is -5.86. The van der Waals surface area contributed by atoms with Gasteiger partial charge in [0.05, 0.1) is 26.0 Å². The largest absolute Gasteiger partial charge is 0.466 e. The molecule has 3 aromatic rings. The predicted molar refractivity (Wildman–Crippen MR) is 144 cm³/mol. The number of nitrogens with zero attached hydrogens (tertiary/aromatic N) is 2. The van der Waals surface area contributed by atoms with Crippen molar-refractivity contribution in [1.29, 1.82) is 0 Å². The molecule has 0 N–H and O–H groups in total. The van der Waals surface area contributed by atoms with Crippen molar-refractivity contribution >= 4 is 35.2 Å². The molecule has 0 amide bonds. The molecule has 186 valence electrons. The molecule has 1 fully saturated rings. The minimum atomic E-state index is -3.57. The molecular weight excluding hydrogens is 497 g/mol. The molecular formula is C26H32N2O4S2Si. The molecule has 2 aromatic heterocycles. The van der Waals surface area contributed by atoms with Crippen molar-refractivity contribution in [3.05, 3.63) is 60.0 Å². The third-order valence-electron chi connectivity index (χ3n) is 6.71. The van der Waals surface area contributed by atoms with Crippen LogP contribution in [0.1, 0.15) is 31.1 Å². The van der Waals surface area contributed by atoms with Crippen molar-refractivity contribution in [3.8, 4) is 21.6 Å². The molecule has 0 saturated carbocycles. The minimum Gasteiger partial charge on any atom is -0.466 e. The van der Waals surface area contributed by atoms with E-state index in [1.54, 1.807) is 19.3 Å². The van der Waals surface area contributed by atoms with Crippen LogP contribution in [0.25, 0.3) is 21.6 Å². The Labute approximate surface area is 212 Å². The Balaban J connectivity index is 1.79. The van der Waals surface area contributed by atoms with Crippen LogP contribution < -0.4 is 0 Å². The van der Waals surface area contributed by atoms with Crippen LogP contribution in [0.15, 0.2) is 55.1 Å². The van der Waals surface area contributed by atoms with E-state index in [0.29, 0.717) is 12.8 Å². The summed E-state index contributed by atoms with van der Waals surface area (Å²) in [5, 5.41) is 0. The molecule has 1 saturated heterocycles. The zero-order valence-electron chi connectivity index (χ0n) is 20.7. The number of esters is 1. The van der Waals surface area contributed by atoms with Gasteiger partial charge in [-0.15, -0.1) is 11.3 Å². The van der Waals surface area contributed by atoms with Gasteiger partial charge in [0, 0.05) is 27.7 Å². The Morgan fingerprint density at radius 2 is 1.69 bits per heavy atom. The van der Waals surface area contributed by atoms with Gasteiger partial charge in [-0.3, -0.25) is 4.79 Å². The Hall–Kier alpha value is -2.36. The quantitative estimate of drug-likeness (QED) is 0.279. The van der Waals surface area contributed by atoms with Crippen molar-refractivity contribution < 1.29 is 17.9 Å². The standard InChI is InChI=1S/C26H32N2O4S2Si/c1-5-32-25(29)24(35(2,3)4)26(14-6-7-15-34(26,30)31)23-13-12-22(33-23)20-10-8-19(9-11-20)21-16-27-18-28-17-21/h8-13,16-18,24H,5-7,14-15H2,1-4H3/t24?,26-/m1/s1. The lowest BCUT2D eigenvalue weighted by Crippen LogP contribution is -2.54. The van der Waals surface area contributed by atoms with E-state index in [2.05, 4.69) is 29.6 Å². The molecule has 0 aliphatic carbocycles. The molecule has 1 aliphatic heterocycles. The predicted octanol–water partition coefficient (Wildman–Crippen LogP) is 5.94. The summed E-state index contributed by atoms with van der Waals surface area (Å²) >= 11 is 1.49. The van der Waals surface area contributed by atoms with Crippen LogP contribution in [-0.2, 0) is 24.1 Å². The topological polar surface area (TPSA) is 86.2 Å². The SMILES string of the molecule is CCOC(=O)C([C@]1(c2ccc(-c3ccc(-c4cncnc4)cc3)s2)CCCCS1(=O)=O)[Si](C)(C)C. The lowest BCUT2D eigenvalue weighted by Gasteiger charge is -2.45. The summed E-state index contributed by atoms with van der Waals surface area (Å²) in [6, 6.07) is 12.0. The van der Waals surface area contributed by atoms with Gasteiger partial charge in [0.1, 0.15) is 11.1 Å². The summed E-state index contributed by atoms with van der Waals surface area (Å²) in [5.74, 6) is -0.268. The molecule has 1 unspecified atom stereocenters. The van der Waals surface area contributed by atoms with Gasteiger partial charge in [-0.05, 0) is 43.0 Å². The summed E-state index contributed by atoms with van der Waals surface area (Å²) in [6.07, 6.45) is 6.92. The fraction of sp³-hybridized carbons (Fsp3) is 0.423. The zero-order chi connectivity index (χ0) is 25.3. The first-order chi connectivity index (χ1) is 16.6. The first kappa shape index (κ1) is 25.7. The number of carbonyl (C=O) groups is 1. The second kappa shape index (κ2) is 9.95. The molecule has 3 heterocycles. The average Bonchev–Trinajstić information content (AvgIpc) is 3.31. The maximum absolute atomic E-state index is 13.9. The molecule has 0 bridgehead atoms. The van der Waals surface area contributed by atoms with Gasteiger partial charge < -0.3 is 4.74 Å². The van der Waals surface area contributed by atoms with Crippen LogP contribution in [0.3, 0.4) is 0 Å². The van der Waals surface area contributed by atoms with Gasteiger partial charge >= 0.3 is 5.97 Å². The smallest absolute Gasteiger partial charge is 0.308 e. The summed E-state index contributed by atoms with van der Waals surface area (Å²) < 4.78 is 32.0. The first-order valence-corrected chi connectivity index (χ1v) is 18.0. The highest BCUT2D eigenvalue weighted by molar-refractivity contribution is 7.92. The third-order valence-corrected chi connectivity index (χ3v) is 13.4. The summed E-state index contributed by atoms with van der Waals surface area (Å²) in [5.41, 5.74) is 2.29. The molecule has 0 spiro atoms. The summed E-state index contributed by atoms with van der Waals surface area (Å²) in [4.78, 5) is 23.2. The fourth-order valence-electron chi connectivity index (χ4n) is 5.22. The summed E-state index contributed by atoms with van der Waals surface area (Å²) in [6.45, 7) is 8.23. The number of aromatic nitrogens is 2. The number of hydrogen-bond acceptors (Lipinski definition) is 7. The van der Waals surface area contributed by atoms with Crippen LogP contribution in [0.2, 0.25) is 25.2 Å². The zero-order valence-corrected chi connectivity index (χ0v) is 23.3. The minimum absolute atomic E-state index is 0.106. The first-order valence-electron chi connectivity index (χ1n) is 12.0. The molecule has 1 aromatic carbocycles. The molecule has 0 radical (unpaired) electrons. The van der Waals surface area contributed by atoms with Crippen LogP contribution in [-0.4, -0.2) is 44.8 Å². The van der Waals surface area contributed by atoms with E-state index in [1.165, 1.54) is 17.7 Å². The second-order valence-corrected chi connectivity index (χ2v) is 18.8. The van der Waals surface area contributed by atoms with Crippen molar-refractivity contribution in [3.63, 3.8) is 0 Å². The molecule has 9 heteroatoms. The van der Waals surface area contributed by atoms with Gasteiger partial charge in [0.2, 0.25) is 0 Å². The van der Waals surface area contributed by atoms with Gasteiger partial charge in [-0.1, -0.05) is 50.3 Å². The monoisotopic (exact) mass is 528 g/mol. The highest BCUT2D eigenvalue weighted by atomic mass is 32.2. The number of ether oxygens (including phenoxy) is 1. The van der Waals surface area contributed by atoms with Crippen LogP contribution in [0.5, 0.6) is 0 Å². The number of hydrogen-bond donors (Lipinski definition) is 0. The van der Waals surface area contributed by atoms with E-state index >= 15 is 0 Å². The Bertz CT molecular complexity index is 1280. The lowest BCUT2D eigenvalue weighted by atomic mass is 9.94. The van der Waals surface area contributed by atoms with E-state index in [1.807, 2.05) is 36.4 Å². The second-order valence-electron chi connectivity index (χ2n) is 10.1. The normalized spacial score (nSPS) is 20.8. The molecule has 4 rings (SSSR count). The van der Waals surface area contributed by atoms with E-state index < -0.39 is 28.2 Å². The fourth-order valence-corrected chi connectivity index (χ4v) is 13.3. The lowest BCUT2D eigenvalue weighted by molar-refractivity contribution is -0.144. The Morgan fingerprint density at radius 3 is 2.29 bits per heavy atom. The molecule has 1 aliphatic rings. The number of rotatable bonds is 7. The highest BCUT2D eigenvalue weighted by Crippen LogP contribution is 2.55. The Kier molecular flexibility index (Phi) is 7.31. The van der Waals surface area contributed by atoms with Gasteiger partial charge in [-0.25, -0.2) is 18.4 Å². The number of carbonyl (C=O) groups excluding carboxylic acids is 1. The number of thiophene rings is 1.